The molecule has 0 aliphatic carbocycles. The fourth-order valence-electron chi connectivity index (χ4n) is 2.15. The average Bonchev–Trinajstić information content (AvgIpc) is 2.69. The number of halogens is 3. The molecule has 0 spiro atoms. The number of alkyl halides is 3. The Morgan fingerprint density at radius 2 is 1.72 bits per heavy atom. The molecule has 18 heavy (non-hydrogen) atoms. The first-order chi connectivity index (χ1) is 8.39. The lowest BCUT2D eigenvalue weighted by Gasteiger charge is -2.16. The SMILES string of the molecule is O=S1(=O)CCC(C(Cl)c2ccc(C(F)F)cc2)C1. The van der Waals surface area contributed by atoms with Gasteiger partial charge in [0.15, 0.2) is 9.84 Å². The first-order valence-corrected chi connectivity index (χ1v) is 7.87. The summed E-state index contributed by atoms with van der Waals surface area (Å²) in [5, 5.41) is -0.436. The Bertz CT molecular complexity index is 513. The highest BCUT2D eigenvalue weighted by Gasteiger charge is 2.33. The second kappa shape index (κ2) is 5.13. The maximum Gasteiger partial charge on any atom is 0.263 e. The summed E-state index contributed by atoms with van der Waals surface area (Å²) in [6, 6.07) is 5.76. The summed E-state index contributed by atoms with van der Waals surface area (Å²) in [6.07, 6.45) is -1.97. The standard InChI is InChI=1S/C12H13ClF2O2S/c13-11(10-5-6-18(16,17)7-10)8-1-3-9(4-2-8)12(14)15/h1-4,10-12H,5-7H2. The molecule has 1 aliphatic rings. The maximum absolute atomic E-state index is 12.4. The third-order valence-corrected chi connectivity index (χ3v) is 5.59. The fraction of sp³-hybridized carbons (Fsp3) is 0.500. The normalized spacial score (nSPS) is 24.3. The van der Waals surface area contributed by atoms with Crippen molar-refractivity contribution in [1.29, 1.82) is 0 Å². The van der Waals surface area contributed by atoms with Gasteiger partial charge in [-0.25, -0.2) is 17.2 Å². The molecule has 0 radical (unpaired) electrons. The maximum atomic E-state index is 12.4. The van der Waals surface area contributed by atoms with Crippen LogP contribution in [0.5, 0.6) is 0 Å². The molecule has 0 N–H and O–H groups in total. The summed E-state index contributed by atoms with van der Waals surface area (Å²) in [5.41, 5.74) is 0.643. The van der Waals surface area contributed by atoms with Crippen molar-refractivity contribution in [3.63, 3.8) is 0 Å². The van der Waals surface area contributed by atoms with Gasteiger partial charge in [-0.2, -0.15) is 0 Å². The van der Waals surface area contributed by atoms with Gasteiger partial charge in [0, 0.05) is 5.56 Å². The highest BCUT2D eigenvalue weighted by atomic mass is 35.5. The van der Waals surface area contributed by atoms with E-state index in [2.05, 4.69) is 0 Å². The topological polar surface area (TPSA) is 34.1 Å². The predicted molar refractivity (Wildman–Crippen MR) is 66.8 cm³/mol. The molecular formula is C12H13ClF2O2S. The fourth-order valence-corrected chi connectivity index (χ4v) is 4.46. The van der Waals surface area contributed by atoms with Gasteiger partial charge in [-0.1, -0.05) is 24.3 Å². The van der Waals surface area contributed by atoms with Crippen LogP contribution in [0.4, 0.5) is 8.78 Å². The summed E-state index contributed by atoms with van der Waals surface area (Å²) in [4.78, 5) is 0. The number of hydrogen-bond acceptors (Lipinski definition) is 2. The van der Waals surface area contributed by atoms with E-state index < -0.39 is 21.6 Å². The molecular weight excluding hydrogens is 282 g/mol. The van der Waals surface area contributed by atoms with E-state index >= 15 is 0 Å². The minimum absolute atomic E-state index is 0.0540. The van der Waals surface area contributed by atoms with E-state index in [1.54, 1.807) is 12.1 Å². The van der Waals surface area contributed by atoms with Crippen LogP contribution < -0.4 is 0 Å². The Morgan fingerprint density at radius 1 is 1.17 bits per heavy atom. The van der Waals surface area contributed by atoms with Crippen molar-refractivity contribution in [3.05, 3.63) is 35.4 Å². The summed E-state index contributed by atoms with van der Waals surface area (Å²) >= 11 is 6.22. The van der Waals surface area contributed by atoms with Crippen LogP contribution in [0.3, 0.4) is 0 Å². The van der Waals surface area contributed by atoms with Gasteiger partial charge in [0.05, 0.1) is 16.9 Å². The average molecular weight is 295 g/mol. The minimum atomic E-state index is -2.97. The Kier molecular flexibility index (Phi) is 3.92. The number of sulfone groups is 1. The monoisotopic (exact) mass is 294 g/mol. The lowest BCUT2D eigenvalue weighted by molar-refractivity contribution is 0.151. The molecule has 2 atom stereocenters. The van der Waals surface area contributed by atoms with Gasteiger partial charge in [-0.3, -0.25) is 0 Å². The van der Waals surface area contributed by atoms with Gasteiger partial charge in [0.2, 0.25) is 0 Å². The van der Waals surface area contributed by atoms with Crippen LogP contribution in [0.25, 0.3) is 0 Å². The molecule has 1 fully saturated rings. The van der Waals surface area contributed by atoms with Gasteiger partial charge in [-0.15, -0.1) is 11.6 Å². The molecule has 0 saturated carbocycles. The number of hydrogen-bond donors (Lipinski definition) is 0. The zero-order chi connectivity index (χ0) is 13.3. The number of benzene rings is 1. The van der Waals surface area contributed by atoms with Crippen LogP contribution in [-0.2, 0) is 9.84 Å². The quantitative estimate of drug-likeness (QED) is 0.801. The lowest BCUT2D eigenvalue weighted by atomic mass is 9.97. The Hall–Kier alpha value is -0.680. The molecule has 2 nitrogen and oxygen atoms in total. The molecule has 100 valence electrons. The molecule has 1 saturated heterocycles. The van der Waals surface area contributed by atoms with Crippen molar-refractivity contribution in [2.75, 3.05) is 11.5 Å². The van der Waals surface area contributed by atoms with E-state index in [4.69, 9.17) is 11.6 Å². The van der Waals surface area contributed by atoms with E-state index in [0.717, 1.165) is 0 Å². The molecule has 0 amide bonds. The highest BCUT2D eigenvalue weighted by molar-refractivity contribution is 7.91. The molecule has 1 aliphatic heterocycles. The first kappa shape index (κ1) is 13.7. The van der Waals surface area contributed by atoms with E-state index in [0.29, 0.717) is 12.0 Å². The van der Waals surface area contributed by atoms with Crippen LogP contribution in [-0.4, -0.2) is 19.9 Å². The van der Waals surface area contributed by atoms with Crippen molar-refractivity contribution in [1.82, 2.24) is 0 Å². The Labute approximate surface area is 110 Å². The summed E-state index contributed by atoms with van der Waals surface area (Å²) in [6.45, 7) is 0. The van der Waals surface area contributed by atoms with E-state index in [1.165, 1.54) is 12.1 Å². The Balaban J connectivity index is 2.12. The van der Waals surface area contributed by atoms with E-state index in [1.807, 2.05) is 0 Å². The second-order valence-electron chi connectivity index (χ2n) is 4.53. The highest BCUT2D eigenvalue weighted by Crippen LogP contribution is 2.36. The van der Waals surface area contributed by atoms with Gasteiger partial charge < -0.3 is 0 Å². The van der Waals surface area contributed by atoms with Crippen LogP contribution in [0, 0.1) is 5.92 Å². The molecule has 1 aromatic rings. The molecule has 0 aromatic heterocycles. The van der Waals surface area contributed by atoms with Crippen LogP contribution in [0.2, 0.25) is 0 Å². The molecule has 2 rings (SSSR count). The van der Waals surface area contributed by atoms with Crippen molar-refractivity contribution in [3.8, 4) is 0 Å². The first-order valence-electron chi connectivity index (χ1n) is 5.61. The van der Waals surface area contributed by atoms with Crippen LogP contribution in [0.15, 0.2) is 24.3 Å². The van der Waals surface area contributed by atoms with Gasteiger partial charge in [-0.05, 0) is 17.9 Å². The predicted octanol–water partition coefficient (Wildman–Crippen LogP) is 3.34. The van der Waals surface area contributed by atoms with Crippen molar-refractivity contribution >= 4 is 21.4 Å². The summed E-state index contributed by atoms with van der Waals surface area (Å²) in [7, 11) is -2.97. The third-order valence-electron chi connectivity index (χ3n) is 3.19. The van der Waals surface area contributed by atoms with Crippen LogP contribution in [0.1, 0.15) is 29.4 Å². The van der Waals surface area contributed by atoms with Crippen LogP contribution >= 0.6 is 11.6 Å². The zero-order valence-corrected chi connectivity index (χ0v) is 11.1. The smallest absolute Gasteiger partial charge is 0.229 e. The minimum Gasteiger partial charge on any atom is -0.229 e. The van der Waals surface area contributed by atoms with Gasteiger partial charge in [0.25, 0.3) is 6.43 Å². The van der Waals surface area contributed by atoms with Gasteiger partial charge in [0.1, 0.15) is 0 Å². The lowest BCUT2D eigenvalue weighted by Crippen LogP contribution is -2.10. The van der Waals surface area contributed by atoms with Crippen molar-refractivity contribution < 1.29 is 17.2 Å². The number of rotatable bonds is 3. The summed E-state index contributed by atoms with van der Waals surface area (Å²) < 4.78 is 47.5. The second-order valence-corrected chi connectivity index (χ2v) is 7.23. The zero-order valence-electron chi connectivity index (χ0n) is 9.52. The Morgan fingerprint density at radius 3 is 2.17 bits per heavy atom. The molecule has 1 aromatic carbocycles. The molecule has 1 heterocycles. The molecule has 6 heteroatoms. The molecule has 0 bridgehead atoms. The van der Waals surface area contributed by atoms with Crippen molar-refractivity contribution in [2.45, 2.75) is 18.2 Å². The van der Waals surface area contributed by atoms with E-state index in [-0.39, 0.29) is 23.0 Å². The molecule has 2 unspecified atom stereocenters. The van der Waals surface area contributed by atoms with Gasteiger partial charge >= 0.3 is 0 Å². The van der Waals surface area contributed by atoms with Crippen molar-refractivity contribution in [2.24, 2.45) is 5.92 Å². The van der Waals surface area contributed by atoms with E-state index in [9.17, 15) is 17.2 Å². The largest absolute Gasteiger partial charge is 0.263 e. The summed E-state index contributed by atoms with van der Waals surface area (Å²) in [5.74, 6) is 0.113. The third kappa shape index (κ3) is 3.01.